The van der Waals surface area contributed by atoms with Crippen molar-refractivity contribution < 1.29 is 32.9 Å². The van der Waals surface area contributed by atoms with Crippen LogP contribution in [0.2, 0.25) is 0 Å². The summed E-state index contributed by atoms with van der Waals surface area (Å²) in [5, 5.41) is 14.1. The van der Waals surface area contributed by atoms with Crippen molar-refractivity contribution in [3.05, 3.63) is 122 Å². The maximum atomic E-state index is 13.0. The molecule has 3 N–H and O–H groups in total. The maximum absolute atomic E-state index is 13.0. The van der Waals surface area contributed by atoms with Crippen molar-refractivity contribution in [3.8, 4) is 0 Å². The fourth-order valence-electron chi connectivity index (χ4n) is 8.96. The summed E-state index contributed by atoms with van der Waals surface area (Å²) >= 11 is 0. The summed E-state index contributed by atoms with van der Waals surface area (Å²) in [6.07, 6.45) is 88.4. The van der Waals surface area contributed by atoms with Crippen LogP contribution in [0, 0.1) is 0 Å². The van der Waals surface area contributed by atoms with Crippen molar-refractivity contribution >= 4 is 13.7 Å². The molecule has 0 saturated heterocycles. The average Bonchev–Trinajstić information content (AvgIpc) is 3.42. The Bertz CT molecular complexity index is 1700. The molecule has 0 aromatic carbocycles. The lowest BCUT2D eigenvalue weighted by Crippen LogP contribution is -2.46. The van der Waals surface area contributed by atoms with Crippen LogP contribution in [-0.4, -0.2) is 73.4 Å². The lowest BCUT2D eigenvalue weighted by Gasteiger charge is -2.26. The molecule has 1 amide bonds. The van der Waals surface area contributed by atoms with Gasteiger partial charge in [0.05, 0.1) is 39.9 Å². The van der Waals surface area contributed by atoms with Gasteiger partial charge in [-0.15, -0.1) is 0 Å². The summed E-state index contributed by atoms with van der Waals surface area (Å²) in [7, 11) is 1.59. The molecule has 3 atom stereocenters. The first kappa shape index (κ1) is 75.9. The zero-order valence-electron chi connectivity index (χ0n) is 51.8. The van der Waals surface area contributed by atoms with Crippen molar-refractivity contribution in [2.75, 3.05) is 40.9 Å². The molecule has 79 heavy (non-hydrogen) atoms. The molecule has 0 radical (unpaired) electrons. The first-order valence-electron chi connectivity index (χ1n) is 32.4. The van der Waals surface area contributed by atoms with E-state index in [1.807, 2.05) is 21.1 Å². The predicted octanol–water partition coefficient (Wildman–Crippen LogP) is 20.5. The zero-order chi connectivity index (χ0) is 57.7. The molecule has 454 valence electrons. The van der Waals surface area contributed by atoms with Crippen LogP contribution in [0.4, 0.5) is 0 Å². The number of phosphoric ester groups is 1. The van der Waals surface area contributed by atoms with E-state index in [0.717, 1.165) is 116 Å². The molecule has 0 rings (SSSR count). The molecule has 8 nitrogen and oxygen atoms in total. The number of carbonyl (C=O) groups is 1. The smallest absolute Gasteiger partial charge is 0.391 e. The molecule has 9 heteroatoms. The summed E-state index contributed by atoms with van der Waals surface area (Å²) < 4.78 is 23.8. The molecular formula is C70H124N2O6P+. The fraction of sp³-hybridized carbons (Fsp3) is 0.700. The van der Waals surface area contributed by atoms with E-state index >= 15 is 0 Å². The Morgan fingerprint density at radius 1 is 0.443 bits per heavy atom. The van der Waals surface area contributed by atoms with Crippen LogP contribution in [0.15, 0.2) is 122 Å². The molecule has 0 aromatic rings. The van der Waals surface area contributed by atoms with E-state index in [-0.39, 0.29) is 19.1 Å². The number of hydrogen-bond donors (Lipinski definition) is 3. The van der Waals surface area contributed by atoms with Crippen LogP contribution < -0.4 is 5.32 Å². The third kappa shape index (κ3) is 62.4. The Balaban J connectivity index is 4.22. The number of allylic oxidation sites excluding steroid dienone is 20. The van der Waals surface area contributed by atoms with E-state index in [2.05, 4.69) is 141 Å². The van der Waals surface area contributed by atoms with Crippen LogP contribution >= 0.6 is 7.82 Å². The van der Waals surface area contributed by atoms with Gasteiger partial charge in [-0.1, -0.05) is 289 Å². The van der Waals surface area contributed by atoms with Crippen LogP contribution in [-0.2, 0) is 18.4 Å². The molecule has 0 aliphatic heterocycles. The lowest BCUT2D eigenvalue weighted by molar-refractivity contribution is -0.870. The second kappa shape index (κ2) is 59.5. The zero-order valence-corrected chi connectivity index (χ0v) is 52.7. The molecule has 0 spiro atoms. The minimum atomic E-state index is -4.34. The van der Waals surface area contributed by atoms with Gasteiger partial charge in [-0.2, -0.15) is 0 Å². The van der Waals surface area contributed by atoms with Crippen LogP contribution in [0.5, 0.6) is 0 Å². The number of unbranched alkanes of at least 4 members (excludes halogenated alkanes) is 25. The van der Waals surface area contributed by atoms with Gasteiger partial charge < -0.3 is 19.8 Å². The van der Waals surface area contributed by atoms with Crippen molar-refractivity contribution in [3.63, 3.8) is 0 Å². The monoisotopic (exact) mass is 1120 g/mol. The third-order valence-corrected chi connectivity index (χ3v) is 15.0. The Morgan fingerprint density at radius 3 is 1.11 bits per heavy atom. The predicted molar refractivity (Wildman–Crippen MR) is 345 cm³/mol. The Kier molecular flexibility index (Phi) is 57.2. The van der Waals surface area contributed by atoms with E-state index in [9.17, 15) is 19.4 Å². The standard InChI is InChI=1S/C70H123N2O6P/c1-6-8-10-12-14-16-18-20-22-24-26-28-30-31-32-33-34-35-36-37-38-39-40-41-42-44-46-48-50-52-54-56-58-60-62-64-70(74)71-68(67-78-79(75,76)77-66-65-72(3,4)5)69(73)63-61-59-57-55-53-51-49-47-45-43-29-27-25-23-21-19-17-15-13-11-9-7-2/h8,10,14,16,20,22,26,28,31-32,34-35,37-38,40-41,44,46,50,52,68-69,73H,6-7,9,11-13,15,17-19,21,23-25,27,29-30,33,36,39,42-43,45,47-49,51,53-67H2,1-5H3,(H-,71,74,75,76)/p+1/b10-8-,16-14-,22-20-,28-26-,32-31-,35-34-,38-37-,41-40-,46-44-,52-50-. The minimum Gasteiger partial charge on any atom is -0.391 e. The van der Waals surface area contributed by atoms with Gasteiger partial charge in [-0.25, -0.2) is 4.57 Å². The normalized spacial score (nSPS) is 14.6. The van der Waals surface area contributed by atoms with Gasteiger partial charge in [0.2, 0.25) is 5.91 Å². The second-order valence-electron chi connectivity index (χ2n) is 22.8. The number of phosphoric acid groups is 1. The molecule has 0 aromatic heterocycles. The number of quaternary nitrogens is 1. The van der Waals surface area contributed by atoms with Crippen LogP contribution in [0.3, 0.4) is 0 Å². The number of nitrogens with one attached hydrogen (secondary N) is 1. The number of rotatable bonds is 58. The molecule has 0 heterocycles. The number of likely N-dealkylation sites (N-methyl/N-ethyl adjacent to an activating group) is 1. The van der Waals surface area contributed by atoms with Gasteiger partial charge in [0.1, 0.15) is 13.2 Å². The summed E-state index contributed by atoms with van der Waals surface area (Å²) in [5.74, 6) is -0.171. The second-order valence-corrected chi connectivity index (χ2v) is 24.2. The molecule has 0 aliphatic carbocycles. The van der Waals surface area contributed by atoms with Crippen molar-refractivity contribution in [1.82, 2.24) is 5.32 Å². The summed E-state index contributed by atoms with van der Waals surface area (Å²) in [6, 6.07) is -0.785. The number of aliphatic hydroxyl groups excluding tert-OH is 1. The van der Waals surface area contributed by atoms with Crippen molar-refractivity contribution in [1.29, 1.82) is 0 Å². The summed E-state index contributed by atoms with van der Waals surface area (Å²) in [4.78, 5) is 23.4. The van der Waals surface area contributed by atoms with Gasteiger partial charge in [0, 0.05) is 6.42 Å². The highest BCUT2D eigenvalue weighted by molar-refractivity contribution is 7.47. The number of nitrogens with zero attached hydrogens (tertiary/aromatic N) is 1. The van der Waals surface area contributed by atoms with Crippen LogP contribution in [0.1, 0.15) is 264 Å². The largest absolute Gasteiger partial charge is 0.472 e. The number of carbonyl (C=O) groups excluding carboxylic acids is 1. The number of hydrogen-bond acceptors (Lipinski definition) is 5. The average molecular weight is 1120 g/mol. The van der Waals surface area contributed by atoms with Gasteiger partial charge >= 0.3 is 7.82 Å². The van der Waals surface area contributed by atoms with Gasteiger partial charge in [0.15, 0.2) is 0 Å². The van der Waals surface area contributed by atoms with Crippen molar-refractivity contribution in [2.24, 2.45) is 0 Å². The number of amides is 1. The molecule has 3 unspecified atom stereocenters. The lowest BCUT2D eigenvalue weighted by atomic mass is 10.0. The molecule has 0 bridgehead atoms. The topological polar surface area (TPSA) is 105 Å². The van der Waals surface area contributed by atoms with E-state index in [1.54, 1.807) is 0 Å². The summed E-state index contributed by atoms with van der Waals surface area (Å²) in [6.45, 7) is 4.76. The highest BCUT2D eigenvalue weighted by atomic mass is 31.2. The van der Waals surface area contributed by atoms with Crippen molar-refractivity contribution in [2.45, 2.75) is 276 Å². The van der Waals surface area contributed by atoms with E-state index in [4.69, 9.17) is 9.05 Å². The fourth-order valence-corrected chi connectivity index (χ4v) is 9.69. The SMILES string of the molecule is CC/C=C\C/C=C\C/C=C\C/C=C\C/C=C\C/C=C\C/C=C\C/C=C\C/C=C\C/C=C\CCCCCCC(=O)NC(COP(=O)(O)OCC[N+](C)(C)C)C(O)CCCCCCCCCCCCCCCCCCCCCCCC. The minimum absolute atomic E-state index is 0.0633. The quantitative estimate of drug-likeness (QED) is 0.0243. The Morgan fingerprint density at radius 2 is 0.759 bits per heavy atom. The van der Waals surface area contributed by atoms with E-state index in [1.165, 1.54) is 122 Å². The van der Waals surface area contributed by atoms with Gasteiger partial charge in [-0.05, 0) is 89.9 Å². The Labute approximate surface area is 488 Å². The number of aliphatic hydroxyl groups is 1. The van der Waals surface area contributed by atoms with Crippen LogP contribution in [0.25, 0.3) is 0 Å². The Hall–Kier alpha value is -3.10. The van der Waals surface area contributed by atoms with Gasteiger partial charge in [-0.3, -0.25) is 13.8 Å². The molecular weight excluding hydrogens is 996 g/mol. The van der Waals surface area contributed by atoms with E-state index in [0.29, 0.717) is 23.9 Å². The summed E-state index contributed by atoms with van der Waals surface area (Å²) in [5.41, 5.74) is 0. The third-order valence-electron chi connectivity index (χ3n) is 14.0. The molecule has 0 fully saturated rings. The molecule has 0 saturated carbocycles. The van der Waals surface area contributed by atoms with E-state index < -0.39 is 20.0 Å². The van der Waals surface area contributed by atoms with Gasteiger partial charge in [0.25, 0.3) is 0 Å². The first-order valence-corrected chi connectivity index (χ1v) is 33.9. The first-order chi connectivity index (χ1) is 38.5. The highest BCUT2D eigenvalue weighted by Gasteiger charge is 2.28. The highest BCUT2D eigenvalue weighted by Crippen LogP contribution is 2.43. The maximum Gasteiger partial charge on any atom is 0.472 e. The molecule has 0 aliphatic rings.